The summed E-state index contributed by atoms with van der Waals surface area (Å²) in [7, 11) is 0. The van der Waals surface area contributed by atoms with Gasteiger partial charge in [-0.2, -0.15) is 4.68 Å². The number of carbonyl (C=O) groups excluding carboxylic acids is 1. The lowest BCUT2D eigenvalue weighted by molar-refractivity contribution is -0.144. The van der Waals surface area contributed by atoms with Crippen LogP contribution in [0.15, 0.2) is 52.2 Å². The van der Waals surface area contributed by atoms with Crippen molar-refractivity contribution >= 4 is 28.6 Å². The Hall–Kier alpha value is -2.67. The van der Waals surface area contributed by atoms with Crippen LogP contribution in [-0.2, 0) is 16.3 Å². The Bertz CT molecular complexity index is 985. The average molecular weight is 355 g/mol. The lowest BCUT2D eigenvalue weighted by atomic mass is 10.2. The third-order valence-electron chi connectivity index (χ3n) is 3.67. The molecule has 2 aromatic carbocycles. The third-order valence-corrected chi connectivity index (χ3v) is 4.80. The van der Waals surface area contributed by atoms with Gasteiger partial charge in [-0.1, -0.05) is 35.0 Å². The molecule has 0 saturated heterocycles. The van der Waals surface area contributed by atoms with E-state index in [9.17, 15) is 9.59 Å². The first-order valence-corrected chi connectivity index (χ1v) is 8.71. The highest BCUT2D eigenvalue weighted by Gasteiger charge is 2.09. The number of benzene rings is 2. The number of aryl methyl sites for hydroxylation is 2. The quantitative estimate of drug-likeness (QED) is 0.517. The van der Waals surface area contributed by atoms with E-state index < -0.39 is 5.97 Å². The summed E-state index contributed by atoms with van der Waals surface area (Å²) in [5.41, 5.74) is 2.43. The van der Waals surface area contributed by atoms with Gasteiger partial charge in [0.2, 0.25) is 0 Å². The molecule has 25 heavy (non-hydrogen) atoms. The second-order valence-corrected chi connectivity index (χ2v) is 6.63. The van der Waals surface area contributed by atoms with E-state index in [-0.39, 0.29) is 18.0 Å². The number of carbonyl (C=O) groups is 1. The van der Waals surface area contributed by atoms with Crippen LogP contribution < -0.4 is 5.56 Å². The van der Waals surface area contributed by atoms with E-state index in [1.807, 2.05) is 32.0 Å². The Morgan fingerprint density at radius 3 is 2.84 bits per heavy atom. The largest absolute Gasteiger partial charge is 0.441 e. The molecule has 0 aliphatic carbocycles. The van der Waals surface area contributed by atoms with Crippen LogP contribution in [-0.4, -0.2) is 26.7 Å². The summed E-state index contributed by atoms with van der Waals surface area (Å²) < 4.78 is 6.19. The Morgan fingerprint density at radius 1 is 1.20 bits per heavy atom. The van der Waals surface area contributed by atoms with Crippen molar-refractivity contribution in [1.82, 2.24) is 15.0 Å². The van der Waals surface area contributed by atoms with E-state index >= 15 is 0 Å². The number of ether oxygens (including phenoxy) is 1. The molecule has 0 fully saturated rings. The number of thioether (sulfide) groups is 1. The lowest BCUT2D eigenvalue weighted by Crippen LogP contribution is -2.26. The molecule has 0 amide bonds. The second-order valence-electron chi connectivity index (χ2n) is 5.61. The van der Waals surface area contributed by atoms with Crippen molar-refractivity contribution in [2.45, 2.75) is 25.5 Å². The zero-order chi connectivity index (χ0) is 17.8. The number of esters is 1. The first kappa shape index (κ1) is 17.2. The highest BCUT2D eigenvalue weighted by Crippen LogP contribution is 2.23. The molecule has 128 valence electrons. The topological polar surface area (TPSA) is 74.1 Å². The minimum Gasteiger partial charge on any atom is -0.441 e. The maximum absolute atomic E-state index is 12.3. The molecular weight excluding hydrogens is 338 g/mol. The van der Waals surface area contributed by atoms with Crippen LogP contribution in [0.25, 0.3) is 10.9 Å². The van der Waals surface area contributed by atoms with Gasteiger partial charge < -0.3 is 4.74 Å². The van der Waals surface area contributed by atoms with Crippen molar-refractivity contribution in [2.75, 3.05) is 5.75 Å². The standard InChI is InChI=1S/C18H17N3O3S/c1-12-7-8-13(2)16(9-12)25-10-17(22)24-11-21-18(23)14-5-3-4-6-15(14)19-20-21/h3-9H,10-11H2,1-2H3. The fourth-order valence-corrected chi connectivity index (χ4v) is 3.20. The molecule has 3 aromatic rings. The van der Waals surface area contributed by atoms with Gasteiger partial charge in [-0.3, -0.25) is 9.59 Å². The third kappa shape index (κ3) is 4.06. The van der Waals surface area contributed by atoms with E-state index in [2.05, 4.69) is 10.3 Å². The average Bonchev–Trinajstić information content (AvgIpc) is 2.62. The van der Waals surface area contributed by atoms with E-state index in [1.165, 1.54) is 11.8 Å². The maximum atomic E-state index is 12.3. The van der Waals surface area contributed by atoms with Gasteiger partial charge in [0.25, 0.3) is 5.56 Å². The van der Waals surface area contributed by atoms with Gasteiger partial charge in [-0.25, -0.2) is 0 Å². The molecule has 0 spiro atoms. The molecule has 0 bridgehead atoms. The van der Waals surface area contributed by atoms with E-state index in [0.717, 1.165) is 20.7 Å². The van der Waals surface area contributed by atoms with Crippen LogP contribution in [0.2, 0.25) is 0 Å². The van der Waals surface area contributed by atoms with Crippen LogP contribution in [0.5, 0.6) is 0 Å². The zero-order valence-corrected chi connectivity index (χ0v) is 14.7. The molecule has 1 aromatic heterocycles. The Balaban J connectivity index is 1.62. The van der Waals surface area contributed by atoms with Gasteiger partial charge in [0.05, 0.1) is 11.1 Å². The molecule has 0 unspecified atom stereocenters. The highest BCUT2D eigenvalue weighted by atomic mass is 32.2. The fraction of sp³-hybridized carbons (Fsp3) is 0.222. The molecule has 0 aliphatic rings. The molecule has 0 aliphatic heterocycles. The van der Waals surface area contributed by atoms with E-state index in [4.69, 9.17) is 4.74 Å². The molecule has 7 heteroatoms. The van der Waals surface area contributed by atoms with Crippen LogP contribution in [0.4, 0.5) is 0 Å². The maximum Gasteiger partial charge on any atom is 0.318 e. The summed E-state index contributed by atoms with van der Waals surface area (Å²) in [6.07, 6.45) is 0. The van der Waals surface area contributed by atoms with Gasteiger partial charge in [-0.15, -0.1) is 16.9 Å². The van der Waals surface area contributed by atoms with Crippen molar-refractivity contribution in [1.29, 1.82) is 0 Å². The van der Waals surface area contributed by atoms with Crippen molar-refractivity contribution in [3.8, 4) is 0 Å². The number of hydrogen-bond acceptors (Lipinski definition) is 6. The molecule has 0 N–H and O–H groups in total. The predicted molar refractivity (Wildman–Crippen MR) is 96.5 cm³/mol. The van der Waals surface area contributed by atoms with Gasteiger partial charge in [0, 0.05) is 4.90 Å². The summed E-state index contributed by atoms with van der Waals surface area (Å²) in [4.78, 5) is 25.3. The Labute approximate surface area is 148 Å². The molecule has 0 saturated carbocycles. The highest BCUT2D eigenvalue weighted by molar-refractivity contribution is 8.00. The number of nitrogens with zero attached hydrogens (tertiary/aromatic N) is 3. The van der Waals surface area contributed by atoms with Crippen molar-refractivity contribution < 1.29 is 9.53 Å². The molecule has 0 atom stereocenters. The summed E-state index contributed by atoms with van der Waals surface area (Å²) in [5.74, 6) is -0.243. The zero-order valence-electron chi connectivity index (χ0n) is 13.9. The summed E-state index contributed by atoms with van der Waals surface area (Å²) in [6, 6.07) is 13.0. The molecule has 0 radical (unpaired) electrons. The van der Waals surface area contributed by atoms with Gasteiger partial charge in [-0.05, 0) is 37.6 Å². The number of hydrogen-bond donors (Lipinski definition) is 0. The Kier molecular flexibility index (Phi) is 5.14. The minimum absolute atomic E-state index is 0.167. The second kappa shape index (κ2) is 7.48. The van der Waals surface area contributed by atoms with Gasteiger partial charge >= 0.3 is 5.97 Å². The Morgan fingerprint density at radius 2 is 2.00 bits per heavy atom. The summed E-state index contributed by atoms with van der Waals surface area (Å²) in [6.45, 7) is 3.76. The summed E-state index contributed by atoms with van der Waals surface area (Å²) in [5, 5.41) is 8.19. The SMILES string of the molecule is Cc1ccc(C)c(SCC(=O)OCn2nnc3ccccc3c2=O)c1. The van der Waals surface area contributed by atoms with E-state index in [0.29, 0.717) is 10.9 Å². The first-order chi connectivity index (χ1) is 12.0. The van der Waals surface area contributed by atoms with Crippen LogP contribution >= 0.6 is 11.8 Å². The van der Waals surface area contributed by atoms with Gasteiger partial charge in [0.15, 0.2) is 6.73 Å². The molecular formula is C18H17N3O3S. The van der Waals surface area contributed by atoms with Crippen LogP contribution in [0, 0.1) is 13.8 Å². The predicted octanol–water partition coefficient (Wildman–Crippen LogP) is 2.70. The number of aromatic nitrogens is 3. The smallest absolute Gasteiger partial charge is 0.318 e. The minimum atomic E-state index is -0.409. The molecule has 1 heterocycles. The van der Waals surface area contributed by atoms with Crippen molar-refractivity contribution in [2.24, 2.45) is 0 Å². The lowest BCUT2D eigenvalue weighted by Gasteiger charge is -2.08. The van der Waals surface area contributed by atoms with Crippen LogP contribution in [0.3, 0.4) is 0 Å². The normalized spacial score (nSPS) is 10.8. The molecule has 3 rings (SSSR count). The van der Waals surface area contributed by atoms with Crippen molar-refractivity contribution in [3.63, 3.8) is 0 Å². The van der Waals surface area contributed by atoms with Crippen molar-refractivity contribution in [3.05, 3.63) is 63.9 Å². The first-order valence-electron chi connectivity index (χ1n) is 7.73. The number of fused-ring (bicyclic) bond motifs is 1. The molecule has 6 nitrogen and oxygen atoms in total. The summed E-state index contributed by atoms with van der Waals surface area (Å²) >= 11 is 1.41. The number of rotatable bonds is 5. The van der Waals surface area contributed by atoms with E-state index in [1.54, 1.807) is 24.3 Å². The van der Waals surface area contributed by atoms with Crippen LogP contribution in [0.1, 0.15) is 11.1 Å². The fourth-order valence-electron chi connectivity index (χ4n) is 2.28. The van der Waals surface area contributed by atoms with Gasteiger partial charge in [0.1, 0.15) is 5.52 Å². The monoisotopic (exact) mass is 355 g/mol.